The van der Waals surface area contributed by atoms with Gasteiger partial charge in [0.25, 0.3) is 0 Å². The Morgan fingerprint density at radius 1 is 1.39 bits per heavy atom. The maximum atomic E-state index is 11.7. The summed E-state index contributed by atoms with van der Waals surface area (Å²) >= 11 is 0. The molecule has 18 heavy (non-hydrogen) atoms. The van der Waals surface area contributed by atoms with Gasteiger partial charge in [-0.1, -0.05) is 0 Å². The number of amides is 2. The van der Waals surface area contributed by atoms with Gasteiger partial charge in [-0.3, -0.25) is 14.4 Å². The van der Waals surface area contributed by atoms with E-state index < -0.39 is 17.8 Å². The largest absolute Gasteiger partial charge is 0.481 e. The summed E-state index contributed by atoms with van der Waals surface area (Å²) in [4.78, 5) is 35.0. The van der Waals surface area contributed by atoms with Crippen LogP contribution in [0, 0.1) is 11.8 Å². The van der Waals surface area contributed by atoms with Gasteiger partial charge in [0.05, 0.1) is 25.0 Å². The maximum absolute atomic E-state index is 11.7. The van der Waals surface area contributed by atoms with Crippen LogP contribution in [0.3, 0.4) is 0 Å². The van der Waals surface area contributed by atoms with Gasteiger partial charge in [0.1, 0.15) is 0 Å². The fourth-order valence-corrected chi connectivity index (χ4v) is 1.67. The monoisotopic (exact) mass is 258 g/mol. The molecular formula is C11H18N2O5. The van der Waals surface area contributed by atoms with E-state index in [4.69, 9.17) is 9.84 Å². The van der Waals surface area contributed by atoms with Gasteiger partial charge in [0.2, 0.25) is 11.8 Å². The molecule has 1 aliphatic rings. The molecule has 1 rings (SSSR count). The van der Waals surface area contributed by atoms with Gasteiger partial charge in [0, 0.05) is 20.7 Å². The molecule has 1 saturated carbocycles. The summed E-state index contributed by atoms with van der Waals surface area (Å²) in [7, 11) is 3.02. The molecule has 0 bridgehead atoms. The smallest absolute Gasteiger partial charge is 0.307 e. The lowest BCUT2D eigenvalue weighted by molar-refractivity contribution is -0.142. The average Bonchev–Trinajstić information content (AvgIpc) is 3.08. The first-order chi connectivity index (χ1) is 8.47. The summed E-state index contributed by atoms with van der Waals surface area (Å²) in [5.74, 6) is -2.58. The van der Waals surface area contributed by atoms with Crippen LogP contribution in [0.15, 0.2) is 0 Å². The van der Waals surface area contributed by atoms with Crippen molar-refractivity contribution in [3.05, 3.63) is 0 Å². The Morgan fingerprint density at radius 2 is 2.06 bits per heavy atom. The van der Waals surface area contributed by atoms with E-state index in [2.05, 4.69) is 5.32 Å². The summed E-state index contributed by atoms with van der Waals surface area (Å²) in [6.45, 7) is 0.733. The number of ether oxygens (including phenoxy) is 1. The second kappa shape index (κ2) is 6.34. The standard InChI is InChI=1S/C11H18N2O5/c1-13(6-9(14)12-3-4-18-2)10(15)7-5-8(7)11(16)17/h7-8H,3-6H2,1-2H3,(H,12,14)(H,16,17). The minimum atomic E-state index is -0.953. The normalized spacial score (nSPS) is 21.2. The van der Waals surface area contributed by atoms with Crippen LogP contribution in [0.2, 0.25) is 0 Å². The number of hydrogen-bond acceptors (Lipinski definition) is 4. The third-order valence-corrected chi connectivity index (χ3v) is 2.81. The number of carboxylic acids is 1. The fraction of sp³-hybridized carbons (Fsp3) is 0.727. The van der Waals surface area contributed by atoms with Crippen molar-refractivity contribution < 1.29 is 24.2 Å². The fourth-order valence-electron chi connectivity index (χ4n) is 1.67. The summed E-state index contributed by atoms with van der Waals surface area (Å²) in [5, 5.41) is 11.3. The van der Waals surface area contributed by atoms with Gasteiger partial charge in [-0.2, -0.15) is 0 Å². The molecule has 0 radical (unpaired) electrons. The molecular weight excluding hydrogens is 240 g/mol. The maximum Gasteiger partial charge on any atom is 0.307 e. The van der Waals surface area contributed by atoms with Gasteiger partial charge in [-0.05, 0) is 6.42 Å². The van der Waals surface area contributed by atoms with Gasteiger partial charge < -0.3 is 20.1 Å². The van der Waals surface area contributed by atoms with Crippen molar-refractivity contribution in [3.8, 4) is 0 Å². The first-order valence-electron chi connectivity index (χ1n) is 5.70. The molecule has 2 N–H and O–H groups in total. The number of rotatable bonds is 7. The number of likely N-dealkylation sites (N-methyl/N-ethyl adjacent to an activating group) is 1. The molecule has 0 aromatic heterocycles. The molecule has 1 fully saturated rings. The Hall–Kier alpha value is -1.63. The van der Waals surface area contributed by atoms with Gasteiger partial charge >= 0.3 is 5.97 Å². The SMILES string of the molecule is COCCNC(=O)CN(C)C(=O)C1CC1C(=O)O. The highest BCUT2D eigenvalue weighted by atomic mass is 16.5. The van der Waals surface area contributed by atoms with Gasteiger partial charge in [-0.15, -0.1) is 0 Å². The zero-order valence-electron chi connectivity index (χ0n) is 10.5. The van der Waals surface area contributed by atoms with E-state index in [9.17, 15) is 14.4 Å². The second-order valence-electron chi connectivity index (χ2n) is 4.32. The number of carboxylic acid groups (broad SMARTS) is 1. The van der Waals surface area contributed by atoms with Crippen LogP contribution < -0.4 is 5.32 Å². The number of carbonyl (C=O) groups is 3. The number of carbonyl (C=O) groups excluding carboxylic acids is 2. The van der Waals surface area contributed by atoms with E-state index in [1.807, 2.05) is 0 Å². The van der Waals surface area contributed by atoms with Crippen LogP contribution in [-0.2, 0) is 19.1 Å². The van der Waals surface area contributed by atoms with Crippen molar-refractivity contribution >= 4 is 17.8 Å². The third-order valence-electron chi connectivity index (χ3n) is 2.81. The number of nitrogens with one attached hydrogen (secondary N) is 1. The van der Waals surface area contributed by atoms with E-state index in [0.717, 1.165) is 0 Å². The van der Waals surface area contributed by atoms with Crippen LogP contribution >= 0.6 is 0 Å². The summed E-state index contributed by atoms with van der Waals surface area (Å²) in [6.07, 6.45) is 0.365. The molecule has 2 amide bonds. The first-order valence-corrected chi connectivity index (χ1v) is 5.70. The van der Waals surface area contributed by atoms with Crippen LogP contribution in [0.1, 0.15) is 6.42 Å². The Kier molecular flexibility index (Phi) is 5.08. The molecule has 0 aliphatic heterocycles. The Morgan fingerprint density at radius 3 is 2.56 bits per heavy atom. The summed E-state index contributed by atoms with van der Waals surface area (Å²) in [5.41, 5.74) is 0. The number of hydrogen-bond donors (Lipinski definition) is 2. The number of methoxy groups -OCH3 is 1. The molecule has 2 atom stereocenters. The third kappa shape index (κ3) is 3.99. The topological polar surface area (TPSA) is 95.9 Å². The first kappa shape index (κ1) is 14.4. The second-order valence-corrected chi connectivity index (χ2v) is 4.32. The van der Waals surface area contributed by atoms with Crippen LogP contribution in [0.4, 0.5) is 0 Å². The van der Waals surface area contributed by atoms with Crippen molar-refractivity contribution in [2.75, 3.05) is 33.9 Å². The van der Waals surface area contributed by atoms with E-state index in [0.29, 0.717) is 19.6 Å². The Balaban J connectivity index is 2.28. The minimum Gasteiger partial charge on any atom is -0.481 e. The number of aliphatic carboxylic acids is 1. The molecule has 0 heterocycles. The molecule has 2 unspecified atom stereocenters. The highest BCUT2D eigenvalue weighted by molar-refractivity contribution is 5.91. The lowest BCUT2D eigenvalue weighted by Gasteiger charge is -2.16. The van der Waals surface area contributed by atoms with Crippen molar-refractivity contribution in [2.24, 2.45) is 11.8 Å². The van der Waals surface area contributed by atoms with Crippen molar-refractivity contribution in [1.29, 1.82) is 0 Å². The molecule has 7 nitrogen and oxygen atoms in total. The predicted octanol–water partition coefficient (Wildman–Crippen LogP) is -1.07. The molecule has 1 aliphatic carbocycles. The Labute approximate surface area is 105 Å². The van der Waals surface area contributed by atoms with E-state index in [1.165, 1.54) is 19.1 Å². The highest BCUT2D eigenvalue weighted by Gasteiger charge is 2.49. The molecule has 0 spiro atoms. The van der Waals surface area contributed by atoms with Crippen LogP contribution in [-0.4, -0.2) is 61.6 Å². The quantitative estimate of drug-likeness (QED) is 0.567. The highest BCUT2D eigenvalue weighted by Crippen LogP contribution is 2.39. The zero-order valence-corrected chi connectivity index (χ0v) is 10.5. The lowest BCUT2D eigenvalue weighted by Crippen LogP contribution is -2.40. The van der Waals surface area contributed by atoms with Crippen molar-refractivity contribution in [2.45, 2.75) is 6.42 Å². The molecule has 7 heteroatoms. The van der Waals surface area contributed by atoms with E-state index in [1.54, 1.807) is 0 Å². The Bertz CT molecular complexity index is 344. The number of nitrogens with zero attached hydrogens (tertiary/aromatic N) is 1. The van der Waals surface area contributed by atoms with Crippen molar-refractivity contribution in [1.82, 2.24) is 10.2 Å². The minimum absolute atomic E-state index is 0.0641. The summed E-state index contributed by atoms with van der Waals surface area (Å²) < 4.78 is 4.77. The van der Waals surface area contributed by atoms with Gasteiger partial charge in [-0.25, -0.2) is 0 Å². The molecule has 102 valence electrons. The van der Waals surface area contributed by atoms with Crippen LogP contribution in [0.25, 0.3) is 0 Å². The van der Waals surface area contributed by atoms with Gasteiger partial charge in [0.15, 0.2) is 0 Å². The van der Waals surface area contributed by atoms with Crippen LogP contribution in [0.5, 0.6) is 0 Å². The van der Waals surface area contributed by atoms with Crippen molar-refractivity contribution in [3.63, 3.8) is 0 Å². The average molecular weight is 258 g/mol. The lowest BCUT2D eigenvalue weighted by atomic mass is 10.3. The predicted molar refractivity (Wildman–Crippen MR) is 61.8 cm³/mol. The molecule has 0 aromatic carbocycles. The zero-order chi connectivity index (χ0) is 13.7. The summed E-state index contributed by atoms with van der Waals surface area (Å²) in [6, 6.07) is 0. The molecule has 0 saturated heterocycles. The van der Waals surface area contributed by atoms with E-state index in [-0.39, 0.29) is 18.4 Å². The van der Waals surface area contributed by atoms with E-state index >= 15 is 0 Å². The molecule has 0 aromatic rings.